The van der Waals surface area contributed by atoms with Gasteiger partial charge in [-0.05, 0) is 41.5 Å². The molecule has 140 valence electrons. The highest BCUT2D eigenvalue weighted by atomic mass is 35.5. The normalized spacial score (nSPS) is 10.8. The number of rotatable bonds is 7. The molecule has 0 heterocycles. The summed E-state index contributed by atoms with van der Waals surface area (Å²) in [6.45, 7) is 0.476. The Labute approximate surface area is 167 Å². The Bertz CT molecular complexity index is 1010. The maximum absolute atomic E-state index is 12.3. The molecular formula is C22H16ClNO4. The monoisotopic (exact) mass is 393 g/mol. The number of carbonyl (C=O) groups is 1. The van der Waals surface area contributed by atoms with Crippen molar-refractivity contribution in [2.45, 2.75) is 6.61 Å². The topological polar surface area (TPSA) is 69.4 Å². The van der Waals surface area contributed by atoms with E-state index in [-0.39, 0.29) is 22.1 Å². The minimum Gasteiger partial charge on any atom is -0.489 e. The van der Waals surface area contributed by atoms with Crippen molar-refractivity contribution < 1.29 is 14.5 Å². The second-order valence-electron chi connectivity index (χ2n) is 5.96. The predicted octanol–water partition coefficient (Wildman–Crippen LogP) is 5.72. The van der Waals surface area contributed by atoms with Gasteiger partial charge in [0.05, 0.1) is 4.92 Å². The molecule has 3 aromatic carbocycles. The molecule has 28 heavy (non-hydrogen) atoms. The SMILES string of the molecule is O=C(/C=C/c1ccc(OCc2ccccc2)cc1)c1ccc(Cl)c([N+](=O)[O-])c1. The average molecular weight is 394 g/mol. The average Bonchev–Trinajstić information content (AvgIpc) is 2.72. The molecule has 0 aliphatic heterocycles. The van der Waals surface area contributed by atoms with E-state index in [4.69, 9.17) is 16.3 Å². The summed E-state index contributed by atoms with van der Waals surface area (Å²) in [6, 6.07) is 21.1. The molecule has 3 rings (SSSR count). The lowest BCUT2D eigenvalue weighted by molar-refractivity contribution is -0.384. The molecule has 0 spiro atoms. The summed E-state index contributed by atoms with van der Waals surface area (Å²) < 4.78 is 5.72. The number of carbonyl (C=O) groups excluding carboxylic acids is 1. The summed E-state index contributed by atoms with van der Waals surface area (Å²) in [5.74, 6) is 0.379. The van der Waals surface area contributed by atoms with E-state index in [0.29, 0.717) is 6.61 Å². The van der Waals surface area contributed by atoms with Crippen LogP contribution >= 0.6 is 11.6 Å². The van der Waals surface area contributed by atoms with Crippen molar-refractivity contribution in [2.24, 2.45) is 0 Å². The van der Waals surface area contributed by atoms with Gasteiger partial charge in [0.15, 0.2) is 5.78 Å². The van der Waals surface area contributed by atoms with E-state index in [9.17, 15) is 14.9 Å². The van der Waals surface area contributed by atoms with Gasteiger partial charge in [0.2, 0.25) is 0 Å². The van der Waals surface area contributed by atoms with Crippen molar-refractivity contribution in [2.75, 3.05) is 0 Å². The molecule has 0 aliphatic carbocycles. The molecule has 0 aliphatic rings. The molecule has 0 saturated carbocycles. The van der Waals surface area contributed by atoms with Crippen LogP contribution in [-0.4, -0.2) is 10.7 Å². The van der Waals surface area contributed by atoms with Gasteiger partial charge in [-0.1, -0.05) is 60.1 Å². The van der Waals surface area contributed by atoms with E-state index in [1.165, 1.54) is 24.3 Å². The molecule has 5 nitrogen and oxygen atoms in total. The summed E-state index contributed by atoms with van der Waals surface area (Å²) in [6.07, 6.45) is 3.01. The van der Waals surface area contributed by atoms with Crippen LogP contribution in [0.3, 0.4) is 0 Å². The van der Waals surface area contributed by atoms with Crippen LogP contribution in [0.5, 0.6) is 5.75 Å². The van der Waals surface area contributed by atoms with Crippen LogP contribution in [-0.2, 0) is 6.61 Å². The number of benzene rings is 3. The minimum absolute atomic E-state index is 0.00313. The zero-order valence-corrected chi connectivity index (χ0v) is 15.5. The van der Waals surface area contributed by atoms with Gasteiger partial charge < -0.3 is 4.74 Å². The minimum atomic E-state index is -0.614. The summed E-state index contributed by atoms with van der Waals surface area (Å²) >= 11 is 5.77. The first-order valence-corrected chi connectivity index (χ1v) is 8.84. The summed E-state index contributed by atoms with van der Waals surface area (Å²) in [5.41, 5.74) is 1.80. The molecule has 0 saturated heterocycles. The molecule has 0 atom stereocenters. The van der Waals surface area contributed by atoms with E-state index in [0.717, 1.165) is 16.9 Å². The zero-order valence-electron chi connectivity index (χ0n) is 14.7. The second kappa shape index (κ2) is 8.97. The van der Waals surface area contributed by atoms with E-state index in [1.54, 1.807) is 6.08 Å². The van der Waals surface area contributed by atoms with Crippen molar-refractivity contribution in [3.8, 4) is 5.75 Å². The van der Waals surface area contributed by atoms with E-state index < -0.39 is 4.92 Å². The second-order valence-corrected chi connectivity index (χ2v) is 6.37. The number of nitro benzene ring substituents is 1. The van der Waals surface area contributed by atoms with Crippen molar-refractivity contribution in [1.29, 1.82) is 0 Å². The Hall–Kier alpha value is -3.44. The fourth-order valence-corrected chi connectivity index (χ4v) is 2.68. The number of ketones is 1. The van der Waals surface area contributed by atoms with Crippen LogP contribution in [0.4, 0.5) is 5.69 Å². The van der Waals surface area contributed by atoms with Crippen molar-refractivity contribution in [3.63, 3.8) is 0 Å². The van der Waals surface area contributed by atoms with E-state index in [2.05, 4.69) is 0 Å². The third-order valence-electron chi connectivity index (χ3n) is 3.98. The fraction of sp³-hybridized carbons (Fsp3) is 0.0455. The smallest absolute Gasteiger partial charge is 0.288 e. The first-order chi connectivity index (χ1) is 13.5. The Morgan fingerprint density at radius 1 is 1.04 bits per heavy atom. The molecule has 0 bridgehead atoms. The van der Waals surface area contributed by atoms with Crippen LogP contribution in [0.1, 0.15) is 21.5 Å². The van der Waals surface area contributed by atoms with Gasteiger partial charge in [0.25, 0.3) is 5.69 Å². The van der Waals surface area contributed by atoms with Gasteiger partial charge in [-0.2, -0.15) is 0 Å². The van der Waals surface area contributed by atoms with Crippen LogP contribution < -0.4 is 4.74 Å². The van der Waals surface area contributed by atoms with Gasteiger partial charge in [0.1, 0.15) is 17.4 Å². The van der Waals surface area contributed by atoms with Gasteiger partial charge >= 0.3 is 0 Å². The number of nitrogens with zero attached hydrogens (tertiary/aromatic N) is 1. The molecule has 6 heteroatoms. The van der Waals surface area contributed by atoms with Crippen molar-refractivity contribution in [3.05, 3.63) is 111 Å². The van der Waals surface area contributed by atoms with Gasteiger partial charge in [0, 0.05) is 11.6 Å². The van der Waals surface area contributed by atoms with Crippen LogP contribution in [0.2, 0.25) is 5.02 Å². The highest BCUT2D eigenvalue weighted by Gasteiger charge is 2.15. The summed E-state index contributed by atoms with van der Waals surface area (Å²) in [5, 5.41) is 10.9. The number of ether oxygens (including phenoxy) is 1. The molecule has 0 radical (unpaired) electrons. The first kappa shape index (κ1) is 19.3. The van der Waals surface area contributed by atoms with Crippen molar-refractivity contribution >= 4 is 29.1 Å². The van der Waals surface area contributed by atoms with Gasteiger partial charge in [-0.3, -0.25) is 14.9 Å². The largest absolute Gasteiger partial charge is 0.489 e. The Kier molecular flexibility index (Phi) is 6.19. The van der Waals surface area contributed by atoms with E-state index >= 15 is 0 Å². The summed E-state index contributed by atoms with van der Waals surface area (Å²) in [7, 11) is 0. The molecule has 3 aromatic rings. The highest BCUT2D eigenvalue weighted by molar-refractivity contribution is 6.32. The number of allylic oxidation sites excluding steroid dienone is 1. The van der Waals surface area contributed by atoms with Crippen molar-refractivity contribution in [1.82, 2.24) is 0 Å². The third-order valence-corrected chi connectivity index (χ3v) is 4.30. The Balaban J connectivity index is 1.63. The Morgan fingerprint density at radius 2 is 1.75 bits per heavy atom. The van der Waals surface area contributed by atoms with Crippen LogP contribution in [0, 0.1) is 10.1 Å². The predicted molar refractivity (Wildman–Crippen MR) is 109 cm³/mol. The lowest BCUT2D eigenvalue weighted by Crippen LogP contribution is -1.97. The molecular weight excluding hydrogens is 378 g/mol. The molecule has 0 amide bonds. The third kappa shape index (κ3) is 5.05. The Morgan fingerprint density at radius 3 is 2.43 bits per heavy atom. The molecule has 0 N–H and O–H groups in total. The van der Waals surface area contributed by atoms with Crippen LogP contribution in [0.15, 0.2) is 78.9 Å². The molecule has 0 unspecified atom stereocenters. The van der Waals surface area contributed by atoms with Gasteiger partial charge in [-0.25, -0.2) is 0 Å². The molecule has 0 fully saturated rings. The lowest BCUT2D eigenvalue weighted by Gasteiger charge is -2.06. The first-order valence-electron chi connectivity index (χ1n) is 8.46. The van der Waals surface area contributed by atoms with E-state index in [1.807, 2.05) is 54.6 Å². The maximum atomic E-state index is 12.3. The van der Waals surface area contributed by atoms with Crippen LogP contribution in [0.25, 0.3) is 6.08 Å². The number of hydrogen-bond donors (Lipinski definition) is 0. The maximum Gasteiger partial charge on any atom is 0.288 e. The fourth-order valence-electron chi connectivity index (χ4n) is 2.49. The standard InChI is InChI=1S/C22H16ClNO4/c23-20-12-9-18(14-21(20)24(26)27)22(25)13-8-16-6-10-19(11-7-16)28-15-17-4-2-1-3-5-17/h1-14H,15H2/b13-8+. The quantitative estimate of drug-likeness (QED) is 0.222. The lowest BCUT2D eigenvalue weighted by atomic mass is 10.1. The molecule has 0 aromatic heterocycles. The number of halogens is 1. The summed E-state index contributed by atoms with van der Waals surface area (Å²) in [4.78, 5) is 22.6. The number of nitro groups is 1. The highest BCUT2D eigenvalue weighted by Crippen LogP contribution is 2.25. The van der Waals surface area contributed by atoms with Gasteiger partial charge in [-0.15, -0.1) is 0 Å². The number of hydrogen-bond acceptors (Lipinski definition) is 4. The zero-order chi connectivity index (χ0) is 19.9.